The molecule has 146 valence electrons. The van der Waals surface area contributed by atoms with Crippen molar-refractivity contribution in [3.63, 3.8) is 0 Å². The van der Waals surface area contributed by atoms with Gasteiger partial charge in [0.25, 0.3) is 5.91 Å². The summed E-state index contributed by atoms with van der Waals surface area (Å²) in [7, 11) is -3.57. The summed E-state index contributed by atoms with van der Waals surface area (Å²) in [6.07, 6.45) is -0.708. The van der Waals surface area contributed by atoms with Crippen LogP contribution in [-0.4, -0.2) is 42.9 Å². The third kappa shape index (κ3) is 4.31. The molecule has 0 N–H and O–H groups in total. The third-order valence-corrected chi connectivity index (χ3v) is 5.96. The van der Waals surface area contributed by atoms with E-state index in [0.29, 0.717) is 0 Å². The van der Waals surface area contributed by atoms with Crippen molar-refractivity contribution >= 4 is 21.7 Å². The zero-order valence-electron chi connectivity index (χ0n) is 15.4. The van der Waals surface area contributed by atoms with Gasteiger partial charge in [-0.25, -0.2) is 13.2 Å². The summed E-state index contributed by atoms with van der Waals surface area (Å²) in [6.45, 7) is 5.04. The molecule has 1 saturated heterocycles. The first-order valence-corrected chi connectivity index (χ1v) is 10.6. The molecule has 1 aliphatic heterocycles. The van der Waals surface area contributed by atoms with E-state index in [0.717, 1.165) is 16.0 Å². The van der Waals surface area contributed by atoms with Crippen LogP contribution in [0.15, 0.2) is 72.8 Å². The Morgan fingerprint density at radius 1 is 1.04 bits per heavy atom. The van der Waals surface area contributed by atoms with Crippen molar-refractivity contribution in [3.05, 3.63) is 83.9 Å². The van der Waals surface area contributed by atoms with Crippen LogP contribution >= 0.6 is 0 Å². The molecule has 2 aromatic carbocycles. The van der Waals surface area contributed by atoms with E-state index in [-0.39, 0.29) is 5.57 Å². The highest BCUT2D eigenvalue weighted by Crippen LogP contribution is 2.28. The van der Waals surface area contributed by atoms with Gasteiger partial charge < -0.3 is 9.64 Å². The van der Waals surface area contributed by atoms with Gasteiger partial charge in [0.05, 0.1) is 5.75 Å². The van der Waals surface area contributed by atoms with Crippen LogP contribution in [0.4, 0.5) is 0 Å². The van der Waals surface area contributed by atoms with E-state index in [1.165, 1.54) is 6.92 Å². The van der Waals surface area contributed by atoms with Crippen LogP contribution in [0.25, 0.3) is 0 Å². The first-order chi connectivity index (χ1) is 13.3. The zero-order valence-corrected chi connectivity index (χ0v) is 16.3. The largest absolute Gasteiger partial charge is 0.451 e. The fourth-order valence-corrected chi connectivity index (χ4v) is 4.73. The van der Waals surface area contributed by atoms with Crippen LogP contribution in [-0.2, 0) is 24.2 Å². The molecule has 28 heavy (non-hydrogen) atoms. The number of ether oxygens (including phenoxy) is 1. The maximum absolute atomic E-state index is 12.9. The Hall–Kier alpha value is -2.93. The highest BCUT2D eigenvalue weighted by Gasteiger charge is 2.44. The molecule has 0 radical (unpaired) electrons. The quantitative estimate of drug-likeness (QED) is 0.570. The minimum absolute atomic E-state index is 0.164. The Kier molecular flexibility index (Phi) is 5.65. The standard InChI is InChI=1S/C21H21NO5S/c1-15(2)20(23)22-14-28(25,26)13-18(22)21(24)27-19(16-9-5-3-6-10-16)17-11-7-4-8-12-17/h3-12,18-19H,1,13-14H2,2H3. The number of sulfone groups is 1. The van der Waals surface area contributed by atoms with Gasteiger partial charge in [0.15, 0.2) is 15.9 Å². The van der Waals surface area contributed by atoms with Gasteiger partial charge >= 0.3 is 5.97 Å². The number of carbonyl (C=O) groups excluding carboxylic acids is 2. The number of hydrogen-bond donors (Lipinski definition) is 0. The summed E-state index contributed by atoms with van der Waals surface area (Å²) in [6, 6.07) is 17.1. The molecule has 1 heterocycles. The number of rotatable bonds is 5. The monoisotopic (exact) mass is 399 g/mol. The van der Waals surface area contributed by atoms with Crippen LogP contribution in [0.3, 0.4) is 0 Å². The number of benzene rings is 2. The van der Waals surface area contributed by atoms with E-state index in [1.54, 1.807) is 0 Å². The van der Waals surface area contributed by atoms with Crippen LogP contribution in [0, 0.1) is 0 Å². The van der Waals surface area contributed by atoms with Crippen molar-refractivity contribution in [3.8, 4) is 0 Å². The van der Waals surface area contributed by atoms with Crippen LogP contribution in [0.5, 0.6) is 0 Å². The van der Waals surface area contributed by atoms with Crippen molar-refractivity contribution in [2.45, 2.75) is 19.1 Å². The molecule has 0 bridgehead atoms. The lowest BCUT2D eigenvalue weighted by molar-refractivity contribution is -0.155. The number of esters is 1. The van der Waals surface area contributed by atoms with Gasteiger partial charge in [-0.3, -0.25) is 4.79 Å². The van der Waals surface area contributed by atoms with E-state index in [1.807, 2.05) is 60.7 Å². The lowest BCUT2D eigenvalue weighted by atomic mass is 10.0. The van der Waals surface area contributed by atoms with Gasteiger partial charge in [-0.05, 0) is 18.1 Å². The van der Waals surface area contributed by atoms with E-state index < -0.39 is 45.5 Å². The second-order valence-corrected chi connectivity index (χ2v) is 8.83. The molecule has 1 aliphatic rings. The molecule has 1 amide bonds. The predicted molar refractivity (Wildman–Crippen MR) is 105 cm³/mol. The molecule has 1 fully saturated rings. The Bertz CT molecular complexity index is 946. The van der Waals surface area contributed by atoms with Crippen molar-refractivity contribution in [1.82, 2.24) is 4.90 Å². The average molecular weight is 399 g/mol. The molecular formula is C21H21NO5S. The summed E-state index contributed by atoms with van der Waals surface area (Å²) in [5, 5.41) is 0. The molecule has 0 aliphatic carbocycles. The summed E-state index contributed by atoms with van der Waals surface area (Å²) in [5.74, 6) is -2.30. The van der Waals surface area contributed by atoms with Gasteiger partial charge in [0.2, 0.25) is 0 Å². The van der Waals surface area contributed by atoms with E-state index >= 15 is 0 Å². The minimum atomic E-state index is -3.57. The SMILES string of the molecule is C=C(C)C(=O)N1CS(=O)(=O)CC1C(=O)OC(c1ccccc1)c1ccccc1. The van der Waals surface area contributed by atoms with Crippen LogP contribution < -0.4 is 0 Å². The van der Waals surface area contributed by atoms with Gasteiger partial charge in [0.1, 0.15) is 11.9 Å². The Morgan fingerprint density at radius 2 is 1.54 bits per heavy atom. The Balaban J connectivity index is 1.91. The van der Waals surface area contributed by atoms with Crippen LogP contribution in [0.2, 0.25) is 0 Å². The van der Waals surface area contributed by atoms with Gasteiger partial charge in [-0.1, -0.05) is 67.2 Å². The smallest absolute Gasteiger partial charge is 0.330 e. The molecule has 1 atom stereocenters. The van der Waals surface area contributed by atoms with E-state index in [9.17, 15) is 18.0 Å². The highest BCUT2D eigenvalue weighted by molar-refractivity contribution is 7.91. The summed E-state index contributed by atoms with van der Waals surface area (Å²) in [4.78, 5) is 26.3. The predicted octanol–water partition coefficient (Wildman–Crippen LogP) is 2.48. The third-order valence-electron chi connectivity index (χ3n) is 4.46. The topological polar surface area (TPSA) is 80.8 Å². The molecule has 7 heteroatoms. The second-order valence-electron chi connectivity index (χ2n) is 6.75. The molecule has 6 nitrogen and oxygen atoms in total. The maximum atomic E-state index is 12.9. The molecular weight excluding hydrogens is 378 g/mol. The summed E-state index contributed by atoms with van der Waals surface area (Å²) >= 11 is 0. The number of nitrogens with zero attached hydrogens (tertiary/aromatic N) is 1. The minimum Gasteiger partial charge on any atom is -0.451 e. The molecule has 0 aromatic heterocycles. The molecule has 1 unspecified atom stereocenters. The Labute approximate surface area is 164 Å². The van der Waals surface area contributed by atoms with Crippen molar-refractivity contribution in [2.75, 3.05) is 11.6 Å². The normalized spacial score (nSPS) is 18.1. The highest BCUT2D eigenvalue weighted by atomic mass is 32.2. The number of carbonyl (C=O) groups is 2. The van der Waals surface area contributed by atoms with Crippen molar-refractivity contribution in [2.24, 2.45) is 0 Å². The van der Waals surface area contributed by atoms with E-state index in [2.05, 4.69) is 6.58 Å². The average Bonchev–Trinajstić information content (AvgIpc) is 3.02. The molecule has 0 saturated carbocycles. The molecule has 2 aromatic rings. The molecule has 0 spiro atoms. The Morgan fingerprint density at radius 3 is 2.00 bits per heavy atom. The zero-order chi connectivity index (χ0) is 20.3. The van der Waals surface area contributed by atoms with Crippen molar-refractivity contribution < 1.29 is 22.7 Å². The number of hydrogen-bond acceptors (Lipinski definition) is 5. The second kappa shape index (κ2) is 7.98. The van der Waals surface area contributed by atoms with Crippen molar-refractivity contribution in [1.29, 1.82) is 0 Å². The van der Waals surface area contributed by atoms with Gasteiger partial charge in [-0.2, -0.15) is 0 Å². The van der Waals surface area contributed by atoms with Gasteiger partial charge in [-0.15, -0.1) is 0 Å². The summed E-state index contributed by atoms with van der Waals surface area (Å²) in [5.41, 5.74) is 1.67. The number of amides is 1. The first kappa shape index (κ1) is 19.8. The van der Waals surface area contributed by atoms with Gasteiger partial charge in [0, 0.05) is 5.57 Å². The summed E-state index contributed by atoms with van der Waals surface area (Å²) < 4.78 is 29.9. The lowest BCUT2D eigenvalue weighted by Crippen LogP contribution is -2.43. The fraction of sp³-hybridized carbons (Fsp3) is 0.238. The molecule has 3 rings (SSSR count). The lowest BCUT2D eigenvalue weighted by Gasteiger charge is -2.25. The first-order valence-electron chi connectivity index (χ1n) is 8.76. The maximum Gasteiger partial charge on any atom is 0.330 e. The van der Waals surface area contributed by atoms with E-state index in [4.69, 9.17) is 4.74 Å². The van der Waals surface area contributed by atoms with Crippen LogP contribution in [0.1, 0.15) is 24.2 Å². The fourth-order valence-electron chi connectivity index (χ4n) is 3.10.